The Balaban J connectivity index is 1.08. The van der Waals surface area contributed by atoms with Crippen molar-refractivity contribution >= 4 is 71.3 Å². The highest BCUT2D eigenvalue weighted by atomic mass is 16.3. The summed E-state index contributed by atoms with van der Waals surface area (Å²) in [4.78, 5) is 2.34. The van der Waals surface area contributed by atoms with E-state index in [2.05, 4.69) is 217 Å². The highest BCUT2D eigenvalue weighted by Gasteiger charge is 2.19. The van der Waals surface area contributed by atoms with Gasteiger partial charge in [-0.05, 0) is 120 Å². The number of rotatable bonds is 6. The first kappa shape index (κ1) is 32.0. The molecule has 0 aliphatic carbocycles. The number of hydrogen-bond donors (Lipinski definition) is 0. The molecule has 0 radical (unpaired) electrons. The largest absolute Gasteiger partial charge is 0.456 e. The summed E-state index contributed by atoms with van der Waals surface area (Å²) in [5.74, 6) is 0. The van der Waals surface area contributed by atoms with Gasteiger partial charge in [0.05, 0.1) is 0 Å². The van der Waals surface area contributed by atoms with E-state index < -0.39 is 0 Å². The second-order valence-electron chi connectivity index (χ2n) is 14.5. The van der Waals surface area contributed by atoms with Crippen molar-refractivity contribution < 1.29 is 4.42 Å². The summed E-state index contributed by atoms with van der Waals surface area (Å²) in [6, 6.07) is 76.5. The lowest BCUT2D eigenvalue weighted by molar-refractivity contribution is 0.669. The van der Waals surface area contributed by atoms with Gasteiger partial charge in [0.25, 0.3) is 0 Å². The normalized spacial score (nSPS) is 11.6. The minimum absolute atomic E-state index is 0.864. The Bertz CT molecular complexity index is 3250. The number of anilines is 3. The smallest absolute Gasteiger partial charge is 0.137 e. The van der Waals surface area contributed by atoms with Gasteiger partial charge >= 0.3 is 0 Å². The molecule has 2 heteroatoms. The van der Waals surface area contributed by atoms with Crippen LogP contribution in [0, 0.1) is 0 Å². The Morgan fingerprint density at radius 1 is 0.268 bits per heavy atom. The van der Waals surface area contributed by atoms with Crippen LogP contribution < -0.4 is 4.90 Å². The van der Waals surface area contributed by atoms with Gasteiger partial charge in [-0.25, -0.2) is 0 Å². The summed E-state index contributed by atoms with van der Waals surface area (Å²) in [5.41, 5.74) is 12.1. The standard InChI is InChI=1S/C54H35NO/c1-2-13-36(14-3-1)37-25-27-42(28-26-37)55(44-29-30-50-52-32-38-15-4-5-16-39(38)34-53(52)56-54(50)35-44)43-19-12-18-40(31-43)45-21-8-9-23-48(45)51-33-41-17-6-7-20-46(41)47-22-10-11-24-49(47)51/h1-35H. The van der Waals surface area contributed by atoms with Crippen LogP contribution in [0.4, 0.5) is 17.1 Å². The number of fused-ring (bicyclic) bond motifs is 7. The molecule has 11 aromatic rings. The summed E-state index contributed by atoms with van der Waals surface area (Å²) in [6.07, 6.45) is 0. The number of benzene rings is 10. The fraction of sp³-hybridized carbons (Fsp3) is 0. The number of nitrogens with zero attached hydrogens (tertiary/aromatic N) is 1. The monoisotopic (exact) mass is 713 g/mol. The second-order valence-corrected chi connectivity index (χ2v) is 14.5. The van der Waals surface area contributed by atoms with Crippen LogP contribution in [0.3, 0.4) is 0 Å². The molecule has 0 N–H and O–H groups in total. The molecule has 1 heterocycles. The molecule has 10 aromatic carbocycles. The maximum Gasteiger partial charge on any atom is 0.137 e. The van der Waals surface area contributed by atoms with Gasteiger partial charge in [0.1, 0.15) is 11.2 Å². The zero-order chi connectivity index (χ0) is 37.0. The van der Waals surface area contributed by atoms with E-state index in [-0.39, 0.29) is 0 Å². The zero-order valence-electron chi connectivity index (χ0n) is 30.6. The predicted molar refractivity (Wildman–Crippen MR) is 237 cm³/mol. The number of furan rings is 1. The number of hydrogen-bond acceptors (Lipinski definition) is 2. The first-order valence-electron chi connectivity index (χ1n) is 19.2. The van der Waals surface area contributed by atoms with Crippen molar-refractivity contribution in [2.45, 2.75) is 0 Å². The average molecular weight is 714 g/mol. The minimum atomic E-state index is 0.864. The average Bonchev–Trinajstić information content (AvgIpc) is 3.62. The molecule has 0 spiro atoms. The molecule has 0 bridgehead atoms. The summed E-state index contributed by atoms with van der Waals surface area (Å²) in [5, 5.41) is 9.65. The third kappa shape index (κ3) is 5.42. The van der Waals surface area contributed by atoms with Gasteiger partial charge in [-0.3, -0.25) is 0 Å². The highest BCUT2D eigenvalue weighted by molar-refractivity contribution is 6.15. The summed E-state index contributed by atoms with van der Waals surface area (Å²) >= 11 is 0. The second kappa shape index (κ2) is 13.2. The molecule has 11 rings (SSSR count). The van der Waals surface area contributed by atoms with Gasteiger partial charge in [-0.2, -0.15) is 0 Å². The fourth-order valence-corrected chi connectivity index (χ4v) is 8.53. The maximum atomic E-state index is 6.60. The van der Waals surface area contributed by atoms with Gasteiger partial charge < -0.3 is 9.32 Å². The molecule has 0 unspecified atom stereocenters. The molecule has 0 aliphatic heterocycles. The lowest BCUT2D eigenvalue weighted by Gasteiger charge is -2.26. The Morgan fingerprint density at radius 2 is 0.857 bits per heavy atom. The van der Waals surface area contributed by atoms with Crippen molar-refractivity contribution in [1.82, 2.24) is 0 Å². The van der Waals surface area contributed by atoms with Gasteiger partial charge in [0.15, 0.2) is 0 Å². The SMILES string of the molecule is c1ccc(-c2ccc(N(c3cccc(-c4ccccc4-c4cc5ccccc5c5ccccc45)c3)c3ccc4c(c3)oc3cc5ccccc5cc34)cc2)cc1. The van der Waals surface area contributed by atoms with Gasteiger partial charge in [-0.15, -0.1) is 0 Å². The predicted octanol–water partition coefficient (Wildman–Crippen LogP) is 15.5. The Labute approximate surface area is 325 Å². The molecule has 0 saturated carbocycles. The van der Waals surface area contributed by atoms with Crippen molar-refractivity contribution in [2.75, 3.05) is 4.90 Å². The Kier molecular flexibility index (Phi) is 7.53. The molecular weight excluding hydrogens is 679 g/mol. The van der Waals surface area contributed by atoms with Gasteiger partial charge in [0, 0.05) is 33.9 Å². The van der Waals surface area contributed by atoms with Crippen LogP contribution in [-0.4, -0.2) is 0 Å². The fourth-order valence-electron chi connectivity index (χ4n) is 8.53. The summed E-state index contributed by atoms with van der Waals surface area (Å²) < 4.78 is 6.60. The van der Waals surface area contributed by atoms with E-state index in [4.69, 9.17) is 4.42 Å². The van der Waals surface area contributed by atoms with E-state index in [1.165, 1.54) is 60.1 Å². The molecule has 0 saturated heterocycles. The van der Waals surface area contributed by atoms with E-state index in [9.17, 15) is 0 Å². The topological polar surface area (TPSA) is 16.4 Å². The van der Waals surface area contributed by atoms with Crippen LogP contribution in [0.25, 0.3) is 87.6 Å². The Morgan fingerprint density at radius 3 is 1.68 bits per heavy atom. The Hall–Kier alpha value is -7.42. The highest BCUT2D eigenvalue weighted by Crippen LogP contribution is 2.43. The molecule has 262 valence electrons. The van der Waals surface area contributed by atoms with Crippen LogP contribution in [0.15, 0.2) is 217 Å². The lowest BCUT2D eigenvalue weighted by atomic mass is 9.89. The van der Waals surface area contributed by atoms with E-state index in [1.807, 2.05) is 0 Å². The van der Waals surface area contributed by atoms with E-state index >= 15 is 0 Å². The maximum absolute atomic E-state index is 6.60. The van der Waals surface area contributed by atoms with Crippen LogP contribution in [-0.2, 0) is 0 Å². The van der Waals surface area contributed by atoms with Crippen LogP contribution in [0.2, 0.25) is 0 Å². The summed E-state index contributed by atoms with van der Waals surface area (Å²) in [6.45, 7) is 0. The molecule has 0 atom stereocenters. The first-order valence-corrected chi connectivity index (χ1v) is 19.2. The minimum Gasteiger partial charge on any atom is -0.456 e. The third-order valence-corrected chi connectivity index (χ3v) is 11.2. The van der Waals surface area contributed by atoms with Crippen molar-refractivity contribution in [3.63, 3.8) is 0 Å². The third-order valence-electron chi connectivity index (χ3n) is 11.2. The van der Waals surface area contributed by atoms with E-state index in [1.54, 1.807) is 0 Å². The van der Waals surface area contributed by atoms with Crippen LogP contribution in [0.5, 0.6) is 0 Å². The van der Waals surface area contributed by atoms with Gasteiger partial charge in [-0.1, -0.05) is 152 Å². The van der Waals surface area contributed by atoms with Crippen molar-refractivity contribution in [2.24, 2.45) is 0 Å². The van der Waals surface area contributed by atoms with E-state index in [0.717, 1.165) is 44.6 Å². The molecule has 0 amide bonds. The van der Waals surface area contributed by atoms with Crippen LogP contribution in [0.1, 0.15) is 0 Å². The van der Waals surface area contributed by atoms with Crippen molar-refractivity contribution in [3.8, 4) is 33.4 Å². The lowest BCUT2D eigenvalue weighted by Crippen LogP contribution is -2.10. The zero-order valence-corrected chi connectivity index (χ0v) is 30.6. The molecule has 0 fully saturated rings. The van der Waals surface area contributed by atoms with Crippen LogP contribution >= 0.6 is 0 Å². The molecular formula is C54H35NO. The molecule has 1 aromatic heterocycles. The molecule has 56 heavy (non-hydrogen) atoms. The van der Waals surface area contributed by atoms with Crippen molar-refractivity contribution in [3.05, 3.63) is 212 Å². The summed E-state index contributed by atoms with van der Waals surface area (Å²) in [7, 11) is 0. The molecule has 0 aliphatic rings. The van der Waals surface area contributed by atoms with Crippen molar-refractivity contribution in [1.29, 1.82) is 0 Å². The van der Waals surface area contributed by atoms with E-state index in [0.29, 0.717) is 0 Å². The quantitative estimate of drug-likeness (QED) is 0.160. The first-order chi connectivity index (χ1) is 27.7. The molecule has 2 nitrogen and oxygen atoms in total. The van der Waals surface area contributed by atoms with Gasteiger partial charge in [0.2, 0.25) is 0 Å².